The SMILES string of the molecule is N#Cc1cccc(NCCCN2CCN(c3cccc(Cl)c3)CC2)c1. The maximum Gasteiger partial charge on any atom is 0.0992 e. The molecule has 25 heavy (non-hydrogen) atoms. The lowest BCUT2D eigenvalue weighted by Gasteiger charge is -2.36. The predicted molar refractivity (Wildman–Crippen MR) is 104 cm³/mol. The number of rotatable bonds is 6. The van der Waals surface area contributed by atoms with Crippen LogP contribution in [0, 0.1) is 11.3 Å². The van der Waals surface area contributed by atoms with Gasteiger partial charge in [-0.2, -0.15) is 5.26 Å². The second-order valence-electron chi connectivity index (χ2n) is 6.28. The highest BCUT2D eigenvalue weighted by Gasteiger charge is 2.16. The third-order valence-corrected chi connectivity index (χ3v) is 4.75. The first kappa shape index (κ1) is 17.6. The van der Waals surface area contributed by atoms with Gasteiger partial charge in [-0.1, -0.05) is 23.7 Å². The monoisotopic (exact) mass is 354 g/mol. The summed E-state index contributed by atoms with van der Waals surface area (Å²) in [5.41, 5.74) is 2.93. The third-order valence-electron chi connectivity index (χ3n) is 4.52. The van der Waals surface area contributed by atoms with Gasteiger partial charge in [-0.15, -0.1) is 0 Å². The van der Waals surface area contributed by atoms with E-state index in [1.54, 1.807) is 0 Å². The molecule has 0 amide bonds. The summed E-state index contributed by atoms with van der Waals surface area (Å²) in [6, 6.07) is 17.9. The minimum Gasteiger partial charge on any atom is -0.385 e. The molecular weight excluding hydrogens is 332 g/mol. The van der Waals surface area contributed by atoms with Gasteiger partial charge >= 0.3 is 0 Å². The Balaban J connectivity index is 1.37. The number of hydrogen-bond donors (Lipinski definition) is 1. The average Bonchev–Trinajstić information content (AvgIpc) is 2.66. The molecule has 1 aliphatic heterocycles. The fourth-order valence-electron chi connectivity index (χ4n) is 3.14. The Kier molecular flexibility index (Phi) is 6.16. The lowest BCUT2D eigenvalue weighted by atomic mass is 10.2. The standard InChI is InChI=1S/C20H23ClN4/c21-18-5-2-7-20(15-18)25-12-10-24(11-13-25)9-3-8-23-19-6-1-4-17(14-19)16-22/h1-2,4-7,14-15,23H,3,8-13H2. The summed E-state index contributed by atoms with van der Waals surface area (Å²) >= 11 is 6.08. The van der Waals surface area contributed by atoms with Gasteiger partial charge in [-0.3, -0.25) is 4.90 Å². The van der Waals surface area contributed by atoms with Crippen molar-refractivity contribution in [2.75, 3.05) is 49.5 Å². The maximum absolute atomic E-state index is 8.93. The molecule has 3 rings (SSSR count). The van der Waals surface area contributed by atoms with Gasteiger partial charge in [0.15, 0.2) is 0 Å². The third kappa shape index (κ3) is 5.12. The van der Waals surface area contributed by atoms with Crippen LogP contribution in [0.4, 0.5) is 11.4 Å². The molecule has 0 aromatic heterocycles. The van der Waals surface area contributed by atoms with Crippen LogP contribution in [0.2, 0.25) is 5.02 Å². The van der Waals surface area contributed by atoms with Gasteiger partial charge in [0.05, 0.1) is 11.6 Å². The number of anilines is 2. The molecular formula is C20H23ClN4. The molecule has 1 aliphatic rings. The first-order valence-electron chi connectivity index (χ1n) is 8.71. The van der Waals surface area contributed by atoms with Crippen LogP contribution in [-0.4, -0.2) is 44.2 Å². The van der Waals surface area contributed by atoms with Gasteiger partial charge in [0, 0.05) is 49.1 Å². The van der Waals surface area contributed by atoms with Crippen LogP contribution in [-0.2, 0) is 0 Å². The van der Waals surface area contributed by atoms with Crippen LogP contribution in [0.1, 0.15) is 12.0 Å². The van der Waals surface area contributed by atoms with Crippen molar-refractivity contribution in [1.82, 2.24) is 4.90 Å². The van der Waals surface area contributed by atoms with E-state index in [9.17, 15) is 0 Å². The zero-order valence-corrected chi connectivity index (χ0v) is 15.0. The van der Waals surface area contributed by atoms with Crippen LogP contribution in [0.3, 0.4) is 0 Å². The number of nitrogens with one attached hydrogen (secondary N) is 1. The number of nitrogens with zero attached hydrogens (tertiary/aromatic N) is 3. The fourth-order valence-corrected chi connectivity index (χ4v) is 3.32. The largest absolute Gasteiger partial charge is 0.385 e. The fraction of sp³-hybridized carbons (Fsp3) is 0.350. The molecule has 2 aromatic rings. The van der Waals surface area contributed by atoms with E-state index >= 15 is 0 Å². The van der Waals surface area contributed by atoms with E-state index in [1.807, 2.05) is 42.5 Å². The number of nitriles is 1. The van der Waals surface area contributed by atoms with Crippen LogP contribution in [0.15, 0.2) is 48.5 Å². The van der Waals surface area contributed by atoms with Gasteiger partial charge in [0.25, 0.3) is 0 Å². The van der Waals surface area contributed by atoms with Crippen molar-refractivity contribution in [1.29, 1.82) is 5.26 Å². The van der Waals surface area contributed by atoms with E-state index in [-0.39, 0.29) is 0 Å². The first-order chi connectivity index (χ1) is 12.2. The zero-order valence-electron chi connectivity index (χ0n) is 14.3. The minimum absolute atomic E-state index is 0.696. The van der Waals surface area contributed by atoms with Gasteiger partial charge in [0.1, 0.15) is 0 Å². The Hall–Kier alpha value is -2.22. The average molecular weight is 355 g/mol. The molecule has 1 heterocycles. The van der Waals surface area contributed by atoms with Crippen molar-refractivity contribution in [2.45, 2.75) is 6.42 Å². The van der Waals surface area contributed by atoms with Crippen LogP contribution in [0.5, 0.6) is 0 Å². The Labute approximate surface area is 154 Å². The van der Waals surface area contributed by atoms with Gasteiger partial charge in [-0.25, -0.2) is 0 Å². The molecule has 0 bridgehead atoms. The highest BCUT2D eigenvalue weighted by Crippen LogP contribution is 2.20. The quantitative estimate of drug-likeness (QED) is 0.800. The molecule has 0 spiro atoms. The molecule has 5 heteroatoms. The molecule has 130 valence electrons. The summed E-state index contributed by atoms with van der Waals surface area (Å²) in [6.45, 7) is 6.25. The second kappa shape index (κ2) is 8.75. The molecule has 4 nitrogen and oxygen atoms in total. The highest BCUT2D eigenvalue weighted by molar-refractivity contribution is 6.30. The normalized spacial score (nSPS) is 15.0. The summed E-state index contributed by atoms with van der Waals surface area (Å²) < 4.78 is 0. The second-order valence-corrected chi connectivity index (χ2v) is 6.72. The summed E-state index contributed by atoms with van der Waals surface area (Å²) in [6.07, 6.45) is 1.09. The molecule has 0 unspecified atom stereocenters. The number of piperazine rings is 1. The van der Waals surface area contributed by atoms with E-state index in [4.69, 9.17) is 16.9 Å². The highest BCUT2D eigenvalue weighted by atomic mass is 35.5. The zero-order chi connectivity index (χ0) is 17.5. The van der Waals surface area contributed by atoms with Gasteiger partial charge < -0.3 is 10.2 Å². The van der Waals surface area contributed by atoms with Crippen molar-refractivity contribution in [3.8, 4) is 6.07 Å². The molecule has 0 saturated carbocycles. The van der Waals surface area contributed by atoms with E-state index < -0.39 is 0 Å². The lowest BCUT2D eigenvalue weighted by molar-refractivity contribution is 0.257. The molecule has 0 atom stereocenters. The number of hydrogen-bond acceptors (Lipinski definition) is 4. The van der Waals surface area contributed by atoms with Crippen molar-refractivity contribution >= 4 is 23.0 Å². The molecule has 0 aliphatic carbocycles. The summed E-state index contributed by atoms with van der Waals surface area (Å²) in [5.74, 6) is 0. The van der Waals surface area contributed by atoms with Crippen molar-refractivity contribution in [3.05, 3.63) is 59.1 Å². The van der Waals surface area contributed by atoms with Crippen LogP contribution >= 0.6 is 11.6 Å². The summed E-state index contributed by atoms with van der Waals surface area (Å²) in [5, 5.41) is 13.1. The smallest absolute Gasteiger partial charge is 0.0992 e. The van der Waals surface area contributed by atoms with Crippen molar-refractivity contribution in [3.63, 3.8) is 0 Å². The van der Waals surface area contributed by atoms with E-state index in [0.29, 0.717) is 5.56 Å². The molecule has 0 radical (unpaired) electrons. The Bertz CT molecular complexity index is 732. The molecule has 1 saturated heterocycles. The first-order valence-corrected chi connectivity index (χ1v) is 9.09. The van der Waals surface area contributed by atoms with E-state index in [0.717, 1.165) is 56.4 Å². The lowest BCUT2D eigenvalue weighted by Crippen LogP contribution is -2.46. The van der Waals surface area contributed by atoms with Gasteiger partial charge in [-0.05, 0) is 49.4 Å². The summed E-state index contributed by atoms with van der Waals surface area (Å²) in [4.78, 5) is 4.91. The molecule has 2 aromatic carbocycles. The van der Waals surface area contributed by atoms with E-state index in [1.165, 1.54) is 5.69 Å². The Morgan fingerprint density at radius 2 is 1.84 bits per heavy atom. The number of benzene rings is 2. The Morgan fingerprint density at radius 1 is 1.04 bits per heavy atom. The van der Waals surface area contributed by atoms with Crippen LogP contribution < -0.4 is 10.2 Å². The molecule has 1 N–H and O–H groups in total. The molecule has 1 fully saturated rings. The summed E-state index contributed by atoms with van der Waals surface area (Å²) in [7, 11) is 0. The van der Waals surface area contributed by atoms with Crippen LogP contribution in [0.25, 0.3) is 0 Å². The number of halogens is 1. The van der Waals surface area contributed by atoms with Crippen molar-refractivity contribution < 1.29 is 0 Å². The maximum atomic E-state index is 8.93. The topological polar surface area (TPSA) is 42.3 Å². The van der Waals surface area contributed by atoms with Gasteiger partial charge in [0.2, 0.25) is 0 Å². The minimum atomic E-state index is 0.696. The van der Waals surface area contributed by atoms with E-state index in [2.05, 4.69) is 27.3 Å². The van der Waals surface area contributed by atoms with Crippen molar-refractivity contribution in [2.24, 2.45) is 0 Å². The Morgan fingerprint density at radius 3 is 2.60 bits per heavy atom. The predicted octanol–water partition coefficient (Wildman–Crippen LogP) is 3.84.